The van der Waals surface area contributed by atoms with Gasteiger partial charge in [-0.05, 0) is 30.3 Å². The van der Waals surface area contributed by atoms with Crippen molar-refractivity contribution in [3.05, 3.63) is 0 Å². The second-order valence-electron chi connectivity index (χ2n) is 5.94. The van der Waals surface area contributed by atoms with Gasteiger partial charge in [0.1, 0.15) is 6.04 Å². The summed E-state index contributed by atoms with van der Waals surface area (Å²) in [5.41, 5.74) is -0.513. The first-order valence-corrected chi connectivity index (χ1v) is 8.44. The Hall–Kier alpha value is -0.910. The summed E-state index contributed by atoms with van der Waals surface area (Å²) in [6.45, 7) is 5.95. The molecule has 0 radical (unpaired) electrons. The number of carbonyl (C=O) groups is 2. The minimum atomic E-state index is -1.01. The summed E-state index contributed by atoms with van der Waals surface area (Å²) in [6.07, 6.45) is 6.49. The molecule has 0 aromatic heterocycles. The molecular weight excluding hydrogens is 276 g/mol. The molecule has 0 aromatic rings. The molecule has 6 heteroatoms. The average molecular weight is 304 g/mol. The van der Waals surface area contributed by atoms with Gasteiger partial charge in [-0.1, -0.05) is 33.6 Å². The molecule has 0 aromatic carbocycles. The van der Waals surface area contributed by atoms with E-state index in [2.05, 4.69) is 16.9 Å². The molecule has 0 rings (SSSR count). The van der Waals surface area contributed by atoms with Gasteiger partial charge in [0.25, 0.3) is 0 Å². The third-order valence-electron chi connectivity index (χ3n) is 2.95. The Balaban J connectivity index is 3.84. The van der Waals surface area contributed by atoms with Crippen LogP contribution in [0.2, 0.25) is 0 Å². The van der Waals surface area contributed by atoms with E-state index in [1.807, 2.05) is 11.8 Å². The maximum absolute atomic E-state index is 11.7. The van der Waals surface area contributed by atoms with E-state index in [0.717, 1.165) is 12.8 Å². The van der Waals surface area contributed by atoms with Crippen molar-refractivity contribution in [3.63, 3.8) is 0 Å². The van der Waals surface area contributed by atoms with Crippen molar-refractivity contribution in [2.24, 2.45) is 5.41 Å². The molecule has 3 N–H and O–H groups in total. The van der Waals surface area contributed by atoms with Crippen LogP contribution in [0.25, 0.3) is 0 Å². The van der Waals surface area contributed by atoms with E-state index in [9.17, 15) is 9.59 Å². The van der Waals surface area contributed by atoms with Gasteiger partial charge in [-0.15, -0.1) is 0 Å². The van der Waals surface area contributed by atoms with Crippen LogP contribution in [-0.4, -0.2) is 41.7 Å². The largest absolute Gasteiger partial charge is 0.480 e. The van der Waals surface area contributed by atoms with Gasteiger partial charge in [-0.25, -0.2) is 9.59 Å². The summed E-state index contributed by atoms with van der Waals surface area (Å²) in [7, 11) is 0. The highest BCUT2D eigenvalue weighted by molar-refractivity contribution is 7.98. The smallest absolute Gasteiger partial charge is 0.326 e. The van der Waals surface area contributed by atoms with Gasteiger partial charge in [0.15, 0.2) is 0 Å². The fraction of sp³-hybridized carbons (Fsp3) is 0.857. The lowest BCUT2D eigenvalue weighted by molar-refractivity contribution is -0.141. The van der Waals surface area contributed by atoms with Crippen molar-refractivity contribution in [1.29, 1.82) is 0 Å². The van der Waals surface area contributed by atoms with Crippen LogP contribution in [0, 0.1) is 5.41 Å². The van der Waals surface area contributed by atoms with Crippen molar-refractivity contribution >= 4 is 23.8 Å². The van der Waals surface area contributed by atoms with E-state index < -0.39 is 23.5 Å². The predicted octanol–water partition coefficient (Wildman–Crippen LogP) is 2.71. The van der Waals surface area contributed by atoms with Crippen molar-refractivity contribution in [3.8, 4) is 0 Å². The van der Waals surface area contributed by atoms with Crippen LogP contribution in [0.4, 0.5) is 4.79 Å². The summed E-state index contributed by atoms with van der Waals surface area (Å²) in [5.74, 6) is 0.171. The number of hydrogen-bond donors (Lipinski definition) is 3. The summed E-state index contributed by atoms with van der Waals surface area (Å²) < 4.78 is 0. The molecule has 1 atom stereocenters. The number of nitrogens with one attached hydrogen (secondary N) is 2. The number of aliphatic carboxylic acids is 1. The lowest BCUT2D eigenvalue weighted by Gasteiger charge is -2.27. The molecule has 0 unspecified atom stereocenters. The van der Waals surface area contributed by atoms with E-state index >= 15 is 0 Å². The Morgan fingerprint density at radius 3 is 2.25 bits per heavy atom. The Kier molecular flexibility index (Phi) is 9.46. The van der Waals surface area contributed by atoms with Gasteiger partial charge in [0.2, 0.25) is 0 Å². The van der Waals surface area contributed by atoms with E-state index in [4.69, 9.17) is 5.11 Å². The maximum Gasteiger partial charge on any atom is 0.326 e. The predicted molar refractivity (Wildman–Crippen MR) is 84.3 cm³/mol. The molecule has 118 valence electrons. The fourth-order valence-electron chi connectivity index (χ4n) is 1.76. The first-order valence-electron chi connectivity index (χ1n) is 7.05. The number of carboxylic acids is 1. The van der Waals surface area contributed by atoms with Gasteiger partial charge >= 0.3 is 12.0 Å². The zero-order chi connectivity index (χ0) is 15.6. The normalized spacial score (nSPS) is 12.8. The molecule has 0 heterocycles. The van der Waals surface area contributed by atoms with Crippen molar-refractivity contribution in [2.75, 3.05) is 18.6 Å². The van der Waals surface area contributed by atoms with Gasteiger partial charge in [0.05, 0.1) is 0 Å². The van der Waals surface area contributed by atoms with Crippen LogP contribution in [0.15, 0.2) is 0 Å². The number of urea groups is 1. The van der Waals surface area contributed by atoms with Crippen LogP contribution in [0.1, 0.15) is 46.5 Å². The van der Waals surface area contributed by atoms with Gasteiger partial charge in [-0.2, -0.15) is 11.8 Å². The summed E-state index contributed by atoms with van der Waals surface area (Å²) in [6, 6.07) is -1.29. The molecule has 0 saturated heterocycles. The Morgan fingerprint density at radius 1 is 1.15 bits per heavy atom. The van der Waals surface area contributed by atoms with Crippen LogP contribution < -0.4 is 10.6 Å². The van der Waals surface area contributed by atoms with Crippen LogP contribution in [0.3, 0.4) is 0 Å². The average Bonchev–Trinajstić information content (AvgIpc) is 2.33. The van der Waals surface area contributed by atoms with E-state index in [1.54, 1.807) is 20.8 Å². The first-order chi connectivity index (χ1) is 9.29. The van der Waals surface area contributed by atoms with E-state index in [-0.39, 0.29) is 0 Å². The highest BCUT2D eigenvalue weighted by atomic mass is 32.2. The third-order valence-corrected chi connectivity index (χ3v) is 3.65. The van der Waals surface area contributed by atoms with E-state index in [0.29, 0.717) is 6.54 Å². The number of carboxylic acid groups (broad SMARTS) is 1. The highest BCUT2D eigenvalue weighted by Crippen LogP contribution is 2.19. The standard InChI is InChI=1S/C14H28N2O3S/c1-14(2,3)11(12(17)18)16-13(19)15-9-7-5-6-8-10-20-4/h11H,5-10H2,1-4H3,(H,17,18)(H2,15,16,19)/t11-/m1/s1. The number of hydrogen-bond acceptors (Lipinski definition) is 3. The number of thioether (sulfide) groups is 1. The Morgan fingerprint density at radius 2 is 1.75 bits per heavy atom. The fourth-order valence-corrected chi connectivity index (χ4v) is 2.25. The van der Waals surface area contributed by atoms with Gasteiger partial charge in [-0.3, -0.25) is 0 Å². The number of unbranched alkanes of at least 4 members (excludes halogenated alkanes) is 3. The minimum absolute atomic E-state index is 0.406. The molecule has 5 nitrogen and oxygen atoms in total. The number of amides is 2. The van der Waals surface area contributed by atoms with Gasteiger partial charge in [0, 0.05) is 6.54 Å². The molecule has 0 fully saturated rings. The SMILES string of the molecule is CSCCCCCCNC(=O)N[C@H](C(=O)O)C(C)(C)C. The molecule has 2 amide bonds. The maximum atomic E-state index is 11.7. The third kappa shape index (κ3) is 9.07. The molecule has 0 aliphatic carbocycles. The van der Waals surface area contributed by atoms with Crippen LogP contribution >= 0.6 is 11.8 Å². The second-order valence-corrected chi connectivity index (χ2v) is 6.93. The number of rotatable bonds is 9. The first kappa shape index (κ1) is 19.1. The lowest BCUT2D eigenvalue weighted by Crippen LogP contribution is -2.52. The zero-order valence-electron chi connectivity index (χ0n) is 13.0. The lowest BCUT2D eigenvalue weighted by atomic mass is 9.87. The summed E-state index contributed by atoms with van der Waals surface area (Å²) >= 11 is 1.85. The molecular formula is C14H28N2O3S. The topological polar surface area (TPSA) is 78.4 Å². The van der Waals surface area contributed by atoms with E-state index in [1.165, 1.54) is 18.6 Å². The monoisotopic (exact) mass is 304 g/mol. The molecule has 0 saturated carbocycles. The summed E-state index contributed by atoms with van der Waals surface area (Å²) in [5, 5.41) is 14.3. The Labute approximate surface area is 126 Å². The van der Waals surface area contributed by atoms with Crippen LogP contribution in [0.5, 0.6) is 0 Å². The zero-order valence-corrected chi connectivity index (χ0v) is 13.8. The number of carbonyl (C=O) groups excluding carboxylic acids is 1. The minimum Gasteiger partial charge on any atom is -0.480 e. The highest BCUT2D eigenvalue weighted by Gasteiger charge is 2.32. The van der Waals surface area contributed by atoms with Gasteiger partial charge < -0.3 is 15.7 Å². The summed E-state index contributed by atoms with van der Waals surface area (Å²) in [4.78, 5) is 22.8. The molecule has 0 aliphatic rings. The van der Waals surface area contributed by atoms with Crippen molar-refractivity contribution in [2.45, 2.75) is 52.5 Å². The van der Waals surface area contributed by atoms with Crippen molar-refractivity contribution < 1.29 is 14.7 Å². The quantitative estimate of drug-likeness (QED) is 0.572. The Bertz CT molecular complexity index is 303. The van der Waals surface area contributed by atoms with Crippen molar-refractivity contribution in [1.82, 2.24) is 10.6 Å². The van der Waals surface area contributed by atoms with Crippen LogP contribution in [-0.2, 0) is 4.79 Å². The molecule has 20 heavy (non-hydrogen) atoms. The molecule has 0 spiro atoms. The molecule has 0 bridgehead atoms. The molecule has 0 aliphatic heterocycles. The second kappa shape index (κ2) is 9.91.